The summed E-state index contributed by atoms with van der Waals surface area (Å²) in [5.74, 6) is 0. The van der Waals surface area contributed by atoms with Gasteiger partial charge in [-0.3, -0.25) is 4.40 Å². The maximum absolute atomic E-state index is 4.23. The highest BCUT2D eigenvalue weighted by molar-refractivity contribution is 5.81. The maximum Gasteiger partial charge on any atom is 0.137 e. The van der Waals surface area contributed by atoms with Crippen molar-refractivity contribution in [3.8, 4) is 0 Å². The third kappa shape index (κ3) is 2.64. The van der Waals surface area contributed by atoms with Crippen molar-refractivity contribution < 1.29 is 0 Å². The van der Waals surface area contributed by atoms with Gasteiger partial charge < -0.3 is 0 Å². The highest BCUT2D eigenvalue weighted by atomic mass is 15.0. The lowest BCUT2D eigenvalue weighted by molar-refractivity contribution is 1.26. The molecule has 0 unspecified atom stereocenters. The summed E-state index contributed by atoms with van der Waals surface area (Å²) in [6, 6.07) is 12.4. The number of hydrogen-bond donors (Lipinski definition) is 0. The Balaban J connectivity index is 0.000000330. The zero-order valence-electron chi connectivity index (χ0n) is 11.0. The van der Waals surface area contributed by atoms with Crippen molar-refractivity contribution in [3.05, 3.63) is 48.8 Å². The van der Waals surface area contributed by atoms with E-state index in [-0.39, 0.29) is 0 Å². The minimum absolute atomic E-state index is 0.999. The van der Waals surface area contributed by atoms with Crippen LogP contribution in [-0.2, 0) is 0 Å². The summed E-state index contributed by atoms with van der Waals surface area (Å²) in [6.07, 6.45) is 3.80. The molecule has 0 aliphatic carbocycles. The molecule has 0 N–H and O–H groups in total. The summed E-state index contributed by atoms with van der Waals surface area (Å²) in [6.45, 7) is 8.00. The number of fused-ring (bicyclic) bond motifs is 3. The van der Waals surface area contributed by atoms with E-state index in [2.05, 4.69) is 27.6 Å². The minimum atomic E-state index is 0.999. The Kier molecular flexibility index (Phi) is 5.21. The van der Waals surface area contributed by atoms with E-state index in [4.69, 9.17) is 0 Å². The van der Waals surface area contributed by atoms with E-state index in [1.165, 1.54) is 10.9 Å². The van der Waals surface area contributed by atoms with Gasteiger partial charge in [-0.25, -0.2) is 4.98 Å². The molecule has 17 heavy (non-hydrogen) atoms. The molecule has 1 aromatic carbocycles. The first-order valence-corrected chi connectivity index (χ1v) is 6.26. The molecule has 2 aromatic heterocycles. The number of benzene rings is 1. The van der Waals surface area contributed by atoms with Crippen molar-refractivity contribution in [2.24, 2.45) is 0 Å². The fourth-order valence-electron chi connectivity index (χ4n) is 1.65. The number of imidazole rings is 1. The topological polar surface area (TPSA) is 17.3 Å². The molecular formula is C15H20N2. The average molecular weight is 228 g/mol. The molecule has 90 valence electrons. The third-order valence-electron chi connectivity index (χ3n) is 2.28. The maximum atomic E-state index is 4.23. The largest absolute Gasteiger partial charge is 0.300 e. The first-order chi connectivity index (χ1) is 8.45. The smallest absolute Gasteiger partial charge is 0.137 e. The van der Waals surface area contributed by atoms with Gasteiger partial charge in [-0.2, -0.15) is 0 Å². The van der Waals surface area contributed by atoms with Crippen LogP contribution >= 0.6 is 0 Å². The monoisotopic (exact) mass is 228 g/mol. The molecule has 0 aliphatic rings. The molecule has 0 radical (unpaired) electrons. The Morgan fingerprint density at radius 1 is 0.882 bits per heavy atom. The Hall–Kier alpha value is -1.83. The van der Waals surface area contributed by atoms with Gasteiger partial charge in [0.05, 0.1) is 5.52 Å². The lowest BCUT2D eigenvalue weighted by Gasteiger charge is -1.99. The van der Waals surface area contributed by atoms with E-state index in [9.17, 15) is 0 Å². The van der Waals surface area contributed by atoms with Crippen LogP contribution in [0.3, 0.4) is 0 Å². The van der Waals surface area contributed by atoms with Crippen molar-refractivity contribution in [1.82, 2.24) is 9.38 Å². The predicted molar refractivity (Wildman–Crippen MR) is 75.4 cm³/mol. The highest BCUT2D eigenvalue weighted by Gasteiger charge is 1.97. The Bertz CT molecular complexity index is 567. The van der Waals surface area contributed by atoms with Crippen LogP contribution in [0.5, 0.6) is 0 Å². The van der Waals surface area contributed by atoms with Gasteiger partial charge >= 0.3 is 0 Å². The van der Waals surface area contributed by atoms with Crippen LogP contribution in [0.4, 0.5) is 0 Å². The fourth-order valence-corrected chi connectivity index (χ4v) is 1.65. The van der Waals surface area contributed by atoms with E-state index >= 15 is 0 Å². The second-order valence-corrected chi connectivity index (χ2v) is 3.05. The van der Waals surface area contributed by atoms with Gasteiger partial charge in [-0.05, 0) is 23.6 Å². The number of pyridine rings is 1. The molecule has 0 bridgehead atoms. The third-order valence-corrected chi connectivity index (χ3v) is 2.28. The molecule has 2 heterocycles. The highest BCUT2D eigenvalue weighted by Crippen LogP contribution is 2.15. The standard InChI is InChI=1S/C11H8N2.2C2H6/c1-2-4-10-9(3-1)5-6-11-12-7-8-13(10)11;2*1-2/h1-8H;2*1-2H3. The van der Waals surface area contributed by atoms with E-state index in [1.807, 2.05) is 58.3 Å². The molecule has 0 spiro atoms. The molecule has 0 saturated carbocycles. The van der Waals surface area contributed by atoms with Gasteiger partial charge in [-0.1, -0.05) is 45.9 Å². The van der Waals surface area contributed by atoms with Crippen LogP contribution in [0.1, 0.15) is 27.7 Å². The van der Waals surface area contributed by atoms with Crippen molar-refractivity contribution in [2.45, 2.75) is 27.7 Å². The van der Waals surface area contributed by atoms with Crippen LogP contribution in [0.25, 0.3) is 16.6 Å². The molecule has 0 saturated heterocycles. The van der Waals surface area contributed by atoms with Crippen LogP contribution in [0, 0.1) is 0 Å². The summed E-state index contributed by atoms with van der Waals surface area (Å²) in [7, 11) is 0. The van der Waals surface area contributed by atoms with Gasteiger partial charge in [0.25, 0.3) is 0 Å². The Morgan fingerprint density at radius 3 is 2.35 bits per heavy atom. The lowest BCUT2D eigenvalue weighted by Crippen LogP contribution is -1.85. The molecule has 0 fully saturated rings. The van der Waals surface area contributed by atoms with Gasteiger partial charge in [0.1, 0.15) is 5.65 Å². The van der Waals surface area contributed by atoms with Crippen LogP contribution in [0.2, 0.25) is 0 Å². The summed E-state index contributed by atoms with van der Waals surface area (Å²) in [5, 5.41) is 1.24. The van der Waals surface area contributed by atoms with Crippen LogP contribution < -0.4 is 0 Å². The fraction of sp³-hybridized carbons (Fsp3) is 0.267. The number of aromatic nitrogens is 2. The lowest BCUT2D eigenvalue weighted by atomic mass is 10.2. The number of hydrogen-bond acceptors (Lipinski definition) is 1. The van der Waals surface area contributed by atoms with Crippen molar-refractivity contribution in [2.75, 3.05) is 0 Å². The molecule has 3 aromatic rings. The van der Waals surface area contributed by atoms with E-state index in [0.29, 0.717) is 0 Å². The second-order valence-electron chi connectivity index (χ2n) is 3.05. The first kappa shape index (κ1) is 13.2. The van der Waals surface area contributed by atoms with Crippen LogP contribution in [-0.4, -0.2) is 9.38 Å². The Morgan fingerprint density at radius 2 is 1.59 bits per heavy atom. The molecule has 0 amide bonds. The molecule has 0 aliphatic heterocycles. The van der Waals surface area contributed by atoms with E-state index in [0.717, 1.165) is 5.65 Å². The molecule has 3 rings (SSSR count). The van der Waals surface area contributed by atoms with Crippen molar-refractivity contribution in [3.63, 3.8) is 0 Å². The van der Waals surface area contributed by atoms with Crippen molar-refractivity contribution in [1.29, 1.82) is 0 Å². The van der Waals surface area contributed by atoms with Gasteiger partial charge in [0.2, 0.25) is 0 Å². The van der Waals surface area contributed by atoms with Gasteiger partial charge in [-0.15, -0.1) is 0 Å². The van der Waals surface area contributed by atoms with E-state index in [1.54, 1.807) is 0 Å². The molecular weight excluding hydrogens is 208 g/mol. The van der Waals surface area contributed by atoms with Crippen molar-refractivity contribution >= 4 is 16.6 Å². The first-order valence-electron chi connectivity index (χ1n) is 6.26. The van der Waals surface area contributed by atoms with Gasteiger partial charge in [0.15, 0.2) is 0 Å². The summed E-state index contributed by atoms with van der Waals surface area (Å²) < 4.78 is 2.09. The van der Waals surface area contributed by atoms with Crippen LogP contribution in [0.15, 0.2) is 48.8 Å². The zero-order valence-corrected chi connectivity index (χ0v) is 11.0. The Labute approximate surface area is 103 Å². The molecule has 2 nitrogen and oxygen atoms in total. The molecule has 0 atom stereocenters. The average Bonchev–Trinajstić information content (AvgIpc) is 2.92. The second kappa shape index (κ2) is 6.69. The minimum Gasteiger partial charge on any atom is -0.300 e. The number of nitrogens with zero attached hydrogens (tertiary/aromatic N) is 2. The summed E-state index contributed by atoms with van der Waals surface area (Å²) >= 11 is 0. The summed E-state index contributed by atoms with van der Waals surface area (Å²) in [4.78, 5) is 4.23. The molecule has 2 heteroatoms. The summed E-state index contributed by atoms with van der Waals surface area (Å²) in [5.41, 5.74) is 2.20. The van der Waals surface area contributed by atoms with Gasteiger partial charge in [0, 0.05) is 12.4 Å². The predicted octanol–water partition coefficient (Wildman–Crippen LogP) is 4.54. The van der Waals surface area contributed by atoms with E-state index < -0.39 is 0 Å². The zero-order chi connectivity index (χ0) is 12.7. The number of para-hydroxylation sites is 1. The normalized spacial score (nSPS) is 9.18. The SMILES string of the molecule is CC.CC.c1ccc2c(c1)ccc1nccn12. The quantitative estimate of drug-likeness (QED) is 0.552. The number of rotatable bonds is 0.